The second kappa shape index (κ2) is 52.8. The van der Waals surface area contributed by atoms with Gasteiger partial charge < -0.3 is 39.0 Å². The maximum atomic E-state index is 13.1. The molecule has 0 aromatic heterocycles. The summed E-state index contributed by atoms with van der Waals surface area (Å²) in [7, 11) is 0. The van der Waals surface area contributed by atoms with Crippen molar-refractivity contribution < 1.29 is 58.2 Å². The lowest BCUT2D eigenvalue weighted by molar-refractivity contribution is -0.301. The Balaban J connectivity index is 2.69. The molecule has 1 heterocycles. The molecular weight excluding hydrogens is 973 g/mol. The zero-order valence-electron chi connectivity index (χ0n) is 48.7. The second-order valence-electron chi connectivity index (χ2n) is 20.9. The fraction of sp³-hybridized carbons (Fsp3) is 0.754. The molecule has 1 aliphatic rings. The molecule has 0 radical (unpaired) electrons. The molecule has 1 aliphatic heterocycles. The molecule has 1 saturated heterocycles. The molecule has 1 fully saturated rings. The minimum absolute atomic E-state index is 0.0439. The number of aliphatic hydroxyl groups is 2. The number of allylic oxidation sites excluding steroid dienone is 12. The molecule has 0 aliphatic carbocycles. The predicted octanol–water partition coefficient (Wildman–Crippen LogP) is 16.1. The quantitative estimate of drug-likeness (QED) is 0.0228. The van der Waals surface area contributed by atoms with Gasteiger partial charge in [-0.25, -0.2) is 4.79 Å². The number of rotatable bonds is 52. The van der Waals surface area contributed by atoms with Crippen LogP contribution < -0.4 is 0 Å². The van der Waals surface area contributed by atoms with Gasteiger partial charge in [0, 0.05) is 19.3 Å². The largest absolute Gasteiger partial charge is 0.479 e. The third-order valence-corrected chi connectivity index (χ3v) is 13.7. The molecule has 77 heavy (non-hydrogen) atoms. The number of aliphatic hydroxyl groups excluding tert-OH is 2. The zero-order valence-corrected chi connectivity index (χ0v) is 48.7. The monoisotopic (exact) mass is 1080 g/mol. The van der Waals surface area contributed by atoms with E-state index in [1.165, 1.54) is 109 Å². The molecule has 0 bridgehead atoms. The van der Waals surface area contributed by atoms with Gasteiger partial charge in [-0.2, -0.15) is 0 Å². The van der Waals surface area contributed by atoms with Gasteiger partial charge >= 0.3 is 23.9 Å². The van der Waals surface area contributed by atoms with E-state index in [9.17, 15) is 34.5 Å². The van der Waals surface area contributed by atoms with Gasteiger partial charge in [-0.3, -0.25) is 14.4 Å². The van der Waals surface area contributed by atoms with Crippen molar-refractivity contribution in [2.45, 2.75) is 302 Å². The van der Waals surface area contributed by atoms with Gasteiger partial charge in [-0.1, -0.05) is 209 Å². The van der Waals surface area contributed by atoms with Crippen molar-refractivity contribution >= 4 is 23.9 Å². The van der Waals surface area contributed by atoms with E-state index in [0.29, 0.717) is 19.3 Å². The molecule has 0 aromatic carbocycles. The molecule has 3 N–H and O–H groups in total. The maximum absolute atomic E-state index is 13.1. The Morgan fingerprint density at radius 1 is 0.442 bits per heavy atom. The van der Waals surface area contributed by atoms with E-state index in [1.54, 1.807) is 0 Å². The summed E-state index contributed by atoms with van der Waals surface area (Å²) in [6, 6.07) is 0. The van der Waals surface area contributed by atoms with Crippen molar-refractivity contribution in [2.75, 3.05) is 13.2 Å². The molecule has 0 amide bonds. The van der Waals surface area contributed by atoms with Crippen molar-refractivity contribution in [3.8, 4) is 0 Å². The van der Waals surface area contributed by atoms with E-state index in [0.717, 1.165) is 96.3 Å². The van der Waals surface area contributed by atoms with Crippen molar-refractivity contribution in [1.82, 2.24) is 0 Å². The summed E-state index contributed by atoms with van der Waals surface area (Å²) in [4.78, 5) is 51.2. The number of aliphatic carboxylic acids is 1. The molecule has 0 spiro atoms. The van der Waals surface area contributed by atoms with Crippen LogP contribution in [0.25, 0.3) is 0 Å². The third kappa shape index (κ3) is 42.7. The fourth-order valence-corrected chi connectivity index (χ4v) is 9.00. The van der Waals surface area contributed by atoms with Crippen molar-refractivity contribution in [1.29, 1.82) is 0 Å². The smallest absolute Gasteiger partial charge is 0.335 e. The van der Waals surface area contributed by atoms with Gasteiger partial charge in [-0.15, -0.1) is 0 Å². The highest BCUT2D eigenvalue weighted by atomic mass is 16.7. The number of carbonyl (C=O) groups excluding carboxylic acids is 3. The highest BCUT2D eigenvalue weighted by Gasteiger charge is 2.50. The second-order valence-corrected chi connectivity index (χ2v) is 20.9. The predicted molar refractivity (Wildman–Crippen MR) is 312 cm³/mol. The van der Waals surface area contributed by atoms with Crippen molar-refractivity contribution in [3.63, 3.8) is 0 Å². The number of unbranched alkanes of at least 4 members (excludes halogenated alkanes) is 26. The number of carboxylic acid groups (broad SMARTS) is 1. The third-order valence-electron chi connectivity index (χ3n) is 13.7. The number of carboxylic acids is 1. The Kier molecular flexibility index (Phi) is 48.8. The highest BCUT2D eigenvalue weighted by molar-refractivity contribution is 5.74. The molecule has 6 atom stereocenters. The van der Waals surface area contributed by atoms with Gasteiger partial charge in [0.1, 0.15) is 18.8 Å². The minimum Gasteiger partial charge on any atom is -0.479 e. The number of esters is 3. The molecular formula is C65H110O12. The van der Waals surface area contributed by atoms with E-state index < -0.39 is 67.3 Å². The first-order chi connectivity index (χ1) is 37.6. The molecule has 442 valence electrons. The Morgan fingerprint density at radius 3 is 1.30 bits per heavy atom. The summed E-state index contributed by atoms with van der Waals surface area (Å²) >= 11 is 0. The lowest BCUT2D eigenvalue weighted by Crippen LogP contribution is -2.61. The molecule has 6 unspecified atom stereocenters. The Labute approximate surface area is 468 Å². The van der Waals surface area contributed by atoms with Crippen LogP contribution in [0.15, 0.2) is 72.9 Å². The SMILES string of the molecule is CC/C=C\C/C=C\C/C=C\C/C=C\CCCCC(=O)OC(COC(=O)CCCCCCCCCCC/C=C\CCCCCCCC)COC1OC(C(=O)O)C(O)C(O)C1OC(=O)CCCCCCC/C=C\CCCCCC. The van der Waals surface area contributed by atoms with Crippen LogP contribution in [0.2, 0.25) is 0 Å². The molecule has 0 saturated carbocycles. The topological polar surface area (TPSA) is 175 Å². The van der Waals surface area contributed by atoms with Crippen LogP contribution in [0.3, 0.4) is 0 Å². The average Bonchev–Trinajstić information content (AvgIpc) is 3.41. The van der Waals surface area contributed by atoms with Gasteiger partial charge in [0.2, 0.25) is 0 Å². The van der Waals surface area contributed by atoms with E-state index in [4.69, 9.17) is 23.7 Å². The maximum Gasteiger partial charge on any atom is 0.335 e. The van der Waals surface area contributed by atoms with Crippen LogP contribution in [0.1, 0.15) is 265 Å². The van der Waals surface area contributed by atoms with Crippen LogP contribution >= 0.6 is 0 Å². The van der Waals surface area contributed by atoms with E-state index >= 15 is 0 Å². The Morgan fingerprint density at radius 2 is 0.818 bits per heavy atom. The van der Waals surface area contributed by atoms with Crippen LogP contribution in [-0.4, -0.2) is 89.2 Å². The lowest BCUT2D eigenvalue weighted by Gasteiger charge is -2.40. The number of carbonyl (C=O) groups is 4. The van der Waals surface area contributed by atoms with E-state index in [1.807, 2.05) is 0 Å². The standard InChI is InChI=1S/C65H110O12/c1-4-7-10-13-16-19-22-25-27-28-29-30-32-34-36-39-42-45-48-51-57(66)73-54-56(75-58(67)52-49-46-43-40-38-35-31-26-23-20-17-14-11-8-5-2)55-74-65-63(61(70)60(69)62(77-65)64(71)72)76-59(68)53-50-47-44-41-37-33-24-21-18-15-12-9-6-3/h8,11,17,20-21,24-27,31,38,40,56,60-63,65,69-70H,4-7,9-10,12-16,18-19,22-23,28-30,32-37,39,41-55H2,1-3H3,(H,71,72)/b11-8-,20-17-,24-21-,27-25-,31-26-,40-38-. The Hall–Kier alpha value is -3.84. The first kappa shape index (κ1) is 71.2. The van der Waals surface area contributed by atoms with Crippen LogP contribution in [0, 0.1) is 0 Å². The summed E-state index contributed by atoms with van der Waals surface area (Å²) < 4.78 is 28.4. The molecule has 1 rings (SSSR count). The number of hydrogen-bond acceptors (Lipinski definition) is 11. The highest BCUT2D eigenvalue weighted by Crippen LogP contribution is 2.26. The van der Waals surface area contributed by atoms with Crippen LogP contribution in [-0.2, 0) is 42.9 Å². The molecule has 12 nitrogen and oxygen atoms in total. The number of ether oxygens (including phenoxy) is 5. The summed E-state index contributed by atoms with van der Waals surface area (Å²) in [5, 5.41) is 31.5. The zero-order chi connectivity index (χ0) is 56.1. The van der Waals surface area contributed by atoms with Crippen LogP contribution in [0.4, 0.5) is 0 Å². The van der Waals surface area contributed by atoms with E-state index in [2.05, 4.69) is 93.7 Å². The van der Waals surface area contributed by atoms with Crippen molar-refractivity contribution in [3.05, 3.63) is 72.9 Å². The van der Waals surface area contributed by atoms with Crippen LogP contribution in [0.5, 0.6) is 0 Å². The molecule has 0 aromatic rings. The lowest BCUT2D eigenvalue weighted by atomic mass is 9.98. The summed E-state index contributed by atoms with van der Waals surface area (Å²) in [6.07, 6.45) is 54.5. The summed E-state index contributed by atoms with van der Waals surface area (Å²) in [5.74, 6) is -3.18. The summed E-state index contributed by atoms with van der Waals surface area (Å²) in [5.41, 5.74) is 0. The van der Waals surface area contributed by atoms with Gasteiger partial charge in [0.15, 0.2) is 24.6 Å². The minimum atomic E-state index is -1.91. The fourth-order valence-electron chi connectivity index (χ4n) is 9.00. The number of hydrogen-bond donors (Lipinski definition) is 3. The van der Waals surface area contributed by atoms with Gasteiger partial charge in [-0.05, 0) is 109 Å². The first-order valence-electron chi connectivity index (χ1n) is 30.9. The Bertz CT molecular complexity index is 1620. The first-order valence-corrected chi connectivity index (χ1v) is 30.9. The average molecular weight is 1080 g/mol. The van der Waals surface area contributed by atoms with E-state index in [-0.39, 0.29) is 25.9 Å². The molecule has 12 heteroatoms. The normalized spacial score (nSPS) is 18.5. The van der Waals surface area contributed by atoms with Gasteiger partial charge in [0.25, 0.3) is 0 Å². The van der Waals surface area contributed by atoms with Gasteiger partial charge in [0.05, 0.1) is 6.61 Å². The van der Waals surface area contributed by atoms with Crippen molar-refractivity contribution in [2.24, 2.45) is 0 Å². The summed E-state index contributed by atoms with van der Waals surface area (Å²) in [6.45, 7) is 5.83.